The Kier molecular flexibility index (Phi) is 5.00. The molecule has 0 spiro atoms. The van der Waals surface area contributed by atoms with Crippen LogP contribution in [0.5, 0.6) is 0 Å². The standard InChI is InChI=1S/C21H23N/c1-6-12-18-19-13-10-11-14-21(19)22(20(18)9-4)17(8-3)15-16(5)7-2/h6-15H,2,4H2,1,3,5H3/b12-6-,16-15-,17-8+. The molecule has 0 amide bonds. The molecule has 0 bridgehead atoms. The lowest BCUT2D eigenvalue weighted by molar-refractivity contribution is 1.14. The van der Waals surface area contributed by atoms with Crippen molar-refractivity contribution in [1.29, 1.82) is 0 Å². The highest BCUT2D eigenvalue weighted by Crippen LogP contribution is 2.32. The summed E-state index contributed by atoms with van der Waals surface area (Å²) in [6, 6.07) is 8.45. The van der Waals surface area contributed by atoms with Gasteiger partial charge in [0.2, 0.25) is 0 Å². The van der Waals surface area contributed by atoms with E-state index in [2.05, 4.69) is 80.1 Å². The lowest BCUT2D eigenvalue weighted by atomic mass is 10.1. The second-order valence-corrected chi connectivity index (χ2v) is 5.16. The third-order valence-electron chi connectivity index (χ3n) is 3.73. The number of benzene rings is 1. The van der Waals surface area contributed by atoms with Crippen LogP contribution in [-0.4, -0.2) is 4.57 Å². The van der Waals surface area contributed by atoms with Gasteiger partial charge in [0.25, 0.3) is 0 Å². The molecule has 0 N–H and O–H groups in total. The predicted octanol–water partition coefficient (Wildman–Crippen LogP) is 6.31. The zero-order valence-electron chi connectivity index (χ0n) is 13.6. The Balaban J connectivity index is 2.88. The molecule has 112 valence electrons. The van der Waals surface area contributed by atoms with E-state index in [1.165, 1.54) is 16.5 Å². The van der Waals surface area contributed by atoms with Gasteiger partial charge in [0, 0.05) is 16.6 Å². The molecule has 0 aliphatic carbocycles. The van der Waals surface area contributed by atoms with Gasteiger partial charge in [0.15, 0.2) is 0 Å². The van der Waals surface area contributed by atoms with E-state index in [0.29, 0.717) is 0 Å². The van der Waals surface area contributed by atoms with Gasteiger partial charge in [-0.05, 0) is 44.6 Å². The first kappa shape index (κ1) is 15.8. The second-order valence-electron chi connectivity index (χ2n) is 5.16. The smallest absolute Gasteiger partial charge is 0.0540 e. The minimum Gasteiger partial charge on any atom is -0.310 e. The summed E-state index contributed by atoms with van der Waals surface area (Å²) in [7, 11) is 0. The number of allylic oxidation sites excluding steroid dienone is 6. The molecule has 1 aromatic carbocycles. The maximum Gasteiger partial charge on any atom is 0.0540 e. The van der Waals surface area contributed by atoms with Crippen molar-refractivity contribution >= 4 is 28.8 Å². The zero-order valence-corrected chi connectivity index (χ0v) is 13.6. The molecule has 0 radical (unpaired) electrons. The van der Waals surface area contributed by atoms with Crippen LogP contribution < -0.4 is 0 Å². The summed E-state index contributed by atoms with van der Waals surface area (Å²) in [4.78, 5) is 0. The van der Waals surface area contributed by atoms with Gasteiger partial charge in [-0.3, -0.25) is 0 Å². The number of hydrogen-bond acceptors (Lipinski definition) is 0. The lowest BCUT2D eigenvalue weighted by Gasteiger charge is -2.11. The van der Waals surface area contributed by atoms with Crippen LogP contribution >= 0.6 is 0 Å². The Morgan fingerprint density at radius 1 is 1.14 bits per heavy atom. The average Bonchev–Trinajstić information content (AvgIpc) is 2.86. The average molecular weight is 289 g/mol. The molecule has 0 atom stereocenters. The summed E-state index contributed by atoms with van der Waals surface area (Å²) >= 11 is 0. The van der Waals surface area contributed by atoms with E-state index >= 15 is 0 Å². The maximum atomic E-state index is 4.02. The molecule has 1 aromatic heterocycles. The highest BCUT2D eigenvalue weighted by molar-refractivity contribution is 5.97. The number of aromatic nitrogens is 1. The summed E-state index contributed by atoms with van der Waals surface area (Å²) in [6.45, 7) is 14.0. The summed E-state index contributed by atoms with van der Waals surface area (Å²) in [6.07, 6.45) is 12.3. The van der Waals surface area contributed by atoms with Crippen LogP contribution in [0.15, 0.2) is 67.3 Å². The molecule has 0 fully saturated rings. The van der Waals surface area contributed by atoms with Crippen molar-refractivity contribution < 1.29 is 0 Å². The third-order valence-corrected chi connectivity index (χ3v) is 3.73. The van der Waals surface area contributed by atoms with Crippen LogP contribution in [0.25, 0.3) is 28.8 Å². The summed E-state index contributed by atoms with van der Waals surface area (Å²) in [5.74, 6) is 0. The van der Waals surface area contributed by atoms with E-state index in [4.69, 9.17) is 0 Å². The number of para-hydroxylation sites is 1. The van der Waals surface area contributed by atoms with Gasteiger partial charge in [-0.2, -0.15) is 0 Å². The largest absolute Gasteiger partial charge is 0.310 e. The fourth-order valence-electron chi connectivity index (χ4n) is 2.67. The highest BCUT2D eigenvalue weighted by atomic mass is 15.0. The minimum atomic E-state index is 1.11. The van der Waals surface area contributed by atoms with E-state index in [0.717, 1.165) is 17.0 Å². The topological polar surface area (TPSA) is 4.93 Å². The highest BCUT2D eigenvalue weighted by Gasteiger charge is 2.14. The zero-order chi connectivity index (χ0) is 16.1. The first-order valence-corrected chi connectivity index (χ1v) is 7.53. The fourth-order valence-corrected chi connectivity index (χ4v) is 2.67. The van der Waals surface area contributed by atoms with Crippen molar-refractivity contribution in [2.45, 2.75) is 20.8 Å². The van der Waals surface area contributed by atoms with Crippen molar-refractivity contribution in [1.82, 2.24) is 4.57 Å². The lowest BCUT2D eigenvalue weighted by Crippen LogP contribution is -1.98. The van der Waals surface area contributed by atoms with E-state index in [9.17, 15) is 0 Å². The first-order valence-electron chi connectivity index (χ1n) is 7.53. The molecule has 0 aliphatic heterocycles. The Labute approximate surface area is 133 Å². The minimum absolute atomic E-state index is 1.11. The van der Waals surface area contributed by atoms with E-state index in [1.54, 1.807) is 0 Å². The quantitative estimate of drug-likeness (QED) is 0.568. The normalized spacial score (nSPS) is 13.0. The monoisotopic (exact) mass is 289 g/mol. The van der Waals surface area contributed by atoms with Gasteiger partial charge in [0.05, 0.1) is 11.2 Å². The predicted molar refractivity (Wildman–Crippen MR) is 101 cm³/mol. The molecule has 1 heterocycles. The summed E-state index contributed by atoms with van der Waals surface area (Å²) < 4.78 is 2.25. The Hall–Kier alpha value is -2.54. The molecular weight excluding hydrogens is 266 g/mol. The molecule has 0 aliphatic rings. The Morgan fingerprint density at radius 2 is 1.86 bits per heavy atom. The van der Waals surface area contributed by atoms with E-state index in [-0.39, 0.29) is 0 Å². The Morgan fingerprint density at radius 3 is 2.45 bits per heavy atom. The van der Waals surface area contributed by atoms with Gasteiger partial charge >= 0.3 is 0 Å². The van der Waals surface area contributed by atoms with Crippen LogP contribution in [0.3, 0.4) is 0 Å². The number of rotatable bonds is 5. The van der Waals surface area contributed by atoms with Crippen molar-refractivity contribution in [2.24, 2.45) is 0 Å². The Bertz CT molecular complexity index is 795. The molecule has 22 heavy (non-hydrogen) atoms. The van der Waals surface area contributed by atoms with Gasteiger partial charge in [0.1, 0.15) is 0 Å². The van der Waals surface area contributed by atoms with Gasteiger partial charge in [-0.25, -0.2) is 0 Å². The maximum absolute atomic E-state index is 4.02. The van der Waals surface area contributed by atoms with Crippen molar-refractivity contribution in [3.8, 4) is 0 Å². The molecule has 0 saturated carbocycles. The molecule has 1 heteroatoms. The van der Waals surface area contributed by atoms with Crippen molar-refractivity contribution in [3.63, 3.8) is 0 Å². The molecule has 1 nitrogen and oxygen atoms in total. The number of nitrogens with zero attached hydrogens (tertiary/aromatic N) is 1. The molecule has 2 rings (SSSR count). The van der Waals surface area contributed by atoms with E-state index < -0.39 is 0 Å². The SMILES string of the molecule is C=C/C(C)=C\C(=C/C)n1c(C=C)c(/C=C\C)c2ccccc21. The molecular formula is C21H23N. The van der Waals surface area contributed by atoms with Crippen molar-refractivity contribution in [3.05, 3.63) is 78.6 Å². The molecule has 0 saturated heterocycles. The first-order chi connectivity index (χ1) is 10.7. The number of fused-ring (bicyclic) bond motifs is 1. The van der Waals surface area contributed by atoms with E-state index in [1.807, 2.05) is 19.1 Å². The summed E-state index contributed by atoms with van der Waals surface area (Å²) in [5, 5.41) is 1.24. The van der Waals surface area contributed by atoms with Crippen LogP contribution in [0.2, 0.25) is 0 Å². The van der Waals surface area contributed by atoms with Crippen LogP contribution in [0, 0.1) is 0 Å². The van der Waals surface area contributed by atoms with Gasteiger partial charge < -0.3 is 4.57 Å². The third kappa shape index (κ3) is 2.75. The van der Waals surface area contributed by atoms with Gasteiger partial charge in [-0.15, -0.1) is 0 Å². The fraction of sp³-hybridized carbons (Fsp3) is 0.143. The van der Waals surface area contributed by atoms with Crippen LogP contribution in [-0.2, 0) is 0 Å². The van der Waals surface area contributed by atoms with Crippen LogP contribution in [0.4, 0.5) is 0 Å². The number of hydrogen-bond donors (Lipinski definition) is 0. The van der Waals surface area contributed by atoms with Crippen molar-refractivity contribution in [2.75, 3.05) is 0 Å². The summed E-state index contributed by atoms with van der Waals surface area (Å²) in [5.41, 5.74) is 5.76. The van der Waals surface area contributed by atoms with Gasteiger partial charge in [-0.1, -0.05) is 55.7 Å². The molecule has 2 aromatic rings. The van der Waals surface area contributed by atoms with Crippen LogP contribution in [0.1, 0.15) is 32.0 Å². The molecule has 0 unspecified atom stereocenters. The second kappa shape index (κ2) is 6.95.